The van der Waals surface area contributed by atoms with Crippen LogP contribution in [-0.4, -0.2) is 60.9 Å². The molecule has 0 bridgehead atoms. The van der Waals surface area contributed by atoms with Crippen LogP contribution in [-0.2, 0) is 9.59 Å². The van der Waals surface area contributed by atoms with Crippen molar-refractivity contribution in [3.63, 3.8) is 0 Å². The number of amides is 2. The average Bonchev–Trinajstić information content (AvgIpc) is 2.58. The highest BCUT2D eigenvalue weighted by atomic mass is 16.2. The summed E-state index contributed by atoms with van der Waals surface area (Å²) < 4.78 is 0. The Hall–Kier alpha value is -0.940. The van der Waals surface area contributed by atoms with E-state index < -0.39 is 0 Å². The van der Waals surface area contributed by atoms with Crippen molar-refractivity contribution in [1.82, 2.24) is 15.1 Å². The van der Waals surface area contributed by atoms with Gasteiger partial charge in [0.15, 0.2) is 0 Å². The number of hydrogen-bond acceptors (Lipinski definition) is 4. The Morgan fingerprint density at radius 2 is 2.12 bits per heavy atom. The third kappa shape index (κ3) is 2.35. The van der Waals surface area contributed by atoms with Gasteiger partial charge in [-0.3, -0.25) is 19.4 Å². The molecule has 0 aromatic carbocycles. The van der Waals surface area contributed by atoms with Gasteiger partial charge < -0.3 is 5.32 Å². The first-order valence-electron chi connectivity index (χ1n) is 6.36. The fourth-order valence-corrected chi connectivity index (χ4v) is 2.88. The molecule has 0 spiro atoms. The zero-order chi connectivity index (χ0) is 12.4. The number of likely N-dealkylation sites (N-methyl/N-ethyl adjacent to an activating group) is 2. The van der Waals surface area contributed by atoms with Crippen molar-refractivity contribution in [2.75, 3.05) is 27.2 Å². The SMILES string of the molecule is CNCC1CCCCN1C1CC(=O)N(C)C1=O. The van der Waals surface area contributed by atoms with Crippen LogP contribution in [0.25, 0.3) is 0 Å². The molecule has 2 rings (SSSR count). The van der Waals surface area contributed by atoms with Crippen LogP contribution < -0.4 is 5.32 Å². The van der Waals surface area contributed by atoms with E-state index in [1.165, 1.54) is 11.3 Å². The number of hydrogen-bond donors (Lipinski definition) is 1. The van der Waals surface area contributed by atoms with Gasteiger partial charge in [0.1, 0.15) is 0 Å². The lowest BCUT2D eigenvalue weighted by Gasteiger charge is -2.38. The van der Waals surface area contributed by atoms with Crippen molar-refractivity contribution in [1.29, 1.82) is 0 Å². The molecule has 0 aromatic rings. The fourth-order valence-electron chi connectivity index (χ4n) is 2.88. The quantitative estimate of drug-likeness (QED) is 0.694. The van der Waals surface area contributed by atoms with E-state index in [1.807, 2.05) is 7.05 Å². The van der Waals surface area contributed by atoms with E-state index in [0.717, 1.165) is 25.9 Å². The highest BCUT2D eigenvalue weighted by Crippen LogP contribution is 2.25. The smallest absolute Gasteiger partial charge is 0.246 e. The van der Waals surface area contributed by atoms with Crippen LogP contribution in [0, 0.1) is 0 Å². The summed E-state index contributed by atoms with van der Waals surface area (Å²) in [5.41, 5.74) is 0. The molecule has 1 N–H and O–H groups in total. The summed E-state index contributed by atoms with van der Waals surface area (Å²) in [5.74, 6) is -0.0771. The summed E-state index contributed by atoms with van der Waals surface area (Å²) >= 11 is 0. The molecule has 0 saturated carbocycles. The molecule has 17 heavy (non-hydrogen) atoms. The molecular weight excluding hydrogens is 218 g/mol. The van der Waals surface area contributed by atoms with E-state index in [4.69, 9.17) is 0 Å². The van der Waals surface area contributed by atoms with Crippen LogP contribution in [0.5, 0.6) is 0 Å². The third-order valence-corrected chi connectivity index (χ3v) is 3.87. The Bertz CT molecular complexity index is 317. The number of nitrogens with one attached hydrogen (secondary N) is 1. The van der Waals surface area contributed by atoms with Crippen LogP contribution in [0.3, 0.4) is 0 Å². The van der Waals surface area contributed by atoms with Gasteiger partial charge in [0.05, 0.1) is 12.5 Å². The lowest BCUT2D eigenvalue weighted by Crippen LogP contribution is -2.52. The normalized spacial score (nSPS) is 31.3. The van der Waals surface area contributed by atoms with Gasteiger partial charge >= 0.3 is 0 Å². The molecule has 2 unspecified atom stereocenters. The molecule has 0 aromatic heterocycles. The molecule has 0 aliphatic carbocycles. The number of nitrogens with zero attached hydrogens (tertiary/aromatic N) is 2. The molecule has 5 nitrogen and oxygen atoms in total. The monoisotopic (exact) mass is 239 g/mol. The molecule has 2 heterocycles. The second-order valence-electron chi connectivity index (χ2n) is 4.96. The van der Waals surface area contributed by atoms with E-state index in [1.54, 1.807) is 7.05 Å². The maximum absolute atomic E-state index is 12.0. The van der Waals surface area contributed by atoms with Gasteiger partial charge in [0, 0.05) is 19.6 Å². The fraction of sp³-hybridized carbons (Fsp3) is 0.833. The Balaban J connectivity index is 2.09. The van der Waals surface area contributed by atoms with Crippen molar-refractivity contribution in [2.24, 2.45) is 0 Å². The standard InChI is InChI=1S/C12H21N3O2/c1-13-8-9-5-3-4-6-15(9)10-7-11(16)14(2)12(10)17/h9-10,13H,3-8H2,1-2H3. The number of rotatable bonds is 3. The Morgan fingerprint density at radius 1 is 1.35 bits per heavy atom. The van der Waals surface area contributed by atoms with E-state index in [0.29, 0.717) is 12.5 Å². The lowest BCUT2D eigenvalue weighted by atomic mass is 9.99. The van der Waals surface area contributed by atoms with Gasteiger partial charge in [0.2, 0.25) is 11.8 Å². The van der Waals surface area contributed by atoms with Crippen molar-refractivity contribution < 1.29 is 9.59 Å². The number of piperidine rings is 1. The van der Waals surface area contributed by atoms with E-state index >= 15 is 0 Å². The van der Waals surface area contributed by atoms with Gasteiger partial charge in [-0.2, -0.15) is 0 Å². The molecule has 96 valence electrons. The number of carbonyl (C=O) groups is 2. The summed E-state index contributed by atoms with van der Waals surface area (Å²) in [4.78, 5) is 27.1. The van der Waals surface area contributed by atoms with Crippen LogP contribution in [0.2, 0.25) is 0 Å². The van der Waals surface area contributed by atoms with E-state index in [2.05, 4.69) is 10.2 Å². The zero-order valence-corrected chi connectivity index (χ0v) is 10.6. The molecular formula is C12H21N3O2. The minimum atomic E-state index is -0.217. The maximum atomic E-state index is 12.0. The molecule has 5 heteroatoms. The van der Waals surface area contributed by atoms with Crippen LogP contribution >= 0.6 is 0 Å². The van der Waals surface area contributed by atoms with Crippen LogP contribution in [0.15, 0.2) is 0 Å². The van der Waals surface area contributed by atoms with Gasteiger partial charge in [-0.1, -0.05) is 6.42 Å². The number of carbonyl (C=O) groups excluding carboxylic acids is 2. The first-order chi connectivity index (χ1) is 8.15. The van der Waals surface area contributed by atoms with Crippen molar-refractivity contribution in [2.45, 2.75) is 37.8 Å². The van der Waals surface area contributed by atoms with E-state index in [-0.39, 0.29) is 17.9 Å². The lowest BCUT2D eigenvalue weighted by molar-refractivity contribution is -0.138. The molecule has 2 fully saturated rings. The van der Waals surface area contributed by atoms with Gasteiger partial charge in [0.25, 0.3) is 0 Å². The van der Waals surface area contributed by atoms with Gasteiger partial charge in [-0.15, -0.1) is 0 Å². The molecule has 2 saturated heterocycles. The summed E-state index contributed by atoms with van der Waals surface area (Å²) in [5, 5.41) is 3.18. The Labute approximate surface area is 102 Å². The largest absolute Gasteiger partial charge is 0.318 e. The first-order valence-corrected chi connectivity index (χ1v) is 6.36. The predicted molar refractivity (Wildman–Crippen MR) is 64.5 cm³/mol. The maximum Gasteiger partial charge on any atom is 0.246 e. The van der Waals surface area contributed by atoms with Crippen molar-refractivity contribution >= 4 is 11.8 Å². The highest BCUT2D eigenvalue weighted by Gasteiger charge is 2.42. The second-order valence-corrected chi connectivity index (χ2v) is 4.96. The van der Waals surface area contributed by atoms with Crippen LogP contribution in [0.4, 0.5) is 0 Å². The Kier molecular flexibility index (Phi) is 3.79. The van der Waals surface area contributed by atoms with E-state index in [9.17, 15) is 9.59 Å². The molecule has 2 aliphatic heterocycles. The second kappa shape index (κ2) is 5.14. The molecule has 2 aliphatic rings. The molecule has 0 radical (unpaired) electrons. The first kappa shape index (κ1) is 12.5. The van der Waals surface area contributed by atoms with Crippen LogP contribution in [0.1, 0.15) is 25.7 Å². The number of imide groups is 1. The van der Waals surface area contributed by atoms with Crippen molar-refractivity contribution in [3.8, 4) is 0 Å². The topological polar surface area (TPSA) is 52.7 Å². The highest BCUT2D eigenvalue weighted by molar-refractivity contribution is 6.05. The third-order valence-electron chi connectivity index (χ3n) is 3.87. The summed E-state index contributed by atoms with van der Waals surface area (Å²) in [7, 11) is 3.52. The van der Waals surface area contributed by atoms with Crippen molar-refractivity contribution in [3.05, 3.63) is 0 Å². The minimum absolute atomic E-state index is 0.0296. The summed E-state index contributed by atoms with van der Waals surface area (Å²) in [6, 6.07) is 0.174. The summed E-state index contributed by atoms with van der Waals surface area (Å²) in [6.45, 7) is 1.82. The molecule has 2 amide bonds. The van der Waals surface area contributed by atoms with Gasteiger partial charge in [-0.25, -0.2) is 0 Å². The predicted octanol–water partition coefficient (Wildman–Crippen LogP) is -0.182. The van der Waals surface area contributed by atoms with Gasteiger partial charge in [-0.05, 0) is 26.4 Å². The zero-order valence-electron chi connectivity index (χ0n) is 10.6. The Morgan fingerprint density at radius 3 is 2.71 bits per heavy atom. The average molecular weight is 239 g/mol. The minimum Gasteiger partial charge on any atom is -0.318 e. The summed E-state index contributed by atoms with van der Waals surface area (Å²) in [6.07, 6.45) is 3.81. The molecule has 2 atom stereocenters. The number of likely N-dealkylation sites (tertiary alicyclic amines) is 2.